The first kappa shape index (κ1) is 13.7. The Morgan fingerprint density at radius 2 is 2.43 bits per heavy atom. The number of rotatable bonds is 3. The quantitative estimate of drug-likeness (QED) is 0.883. The van der Waals surface area contributed by atoms with Gasteiger partial charge in [0.2, 0.25) is 0 Å². The molecule has 6 nitrogen and oxygen atoms in total. The van der Waals surface area contributed by atoms with Crippen LogP contribution >= 0.6 is 0 Å². The lowest BCUT2D eigenvalue weighted by Gasteiger charge is -2.22. The van der Waals surface area contributed by atoms with Gasteiger partial charge in [-0.2, -0.15) is 0 Å². The molecule has 110 valence electrons. The third kappa shape index (κ3) is 3.09. The van der Waals surface area contributed by atoms with Gasteiger partial charge >= 0.3 is 0 Å². The van der Waals surface area contributed by atoms with E-state index in [4.69, 9.17) is 4.74 Å². The van der Waals surface area contributed by atoms with Crippen LogP contribution in [0.1, 0.15) is 0 Å². The highest BCUT2D eigenvalue weighted by molar-refractivity contribution is 5.94. The van der Waals surface area contributed by atoms with Crippen LogP contribution in [-0.4, -0.2) is 41.3 Å². The van der Waals surface area contributed by atoms with Gasteiger partial charge in [-0.3, -0.25) is 4.79 Å². The van der Waals surface area contributed by atoms with Gasteiger partial charge in [0.1, 0.15) is 11.9 Å². The van der Waals surface area contributed by atoms with Gasteiger partial charge in [-0.15, -0.1) is 0 Å². The summed E-state index contributed by atoms with van der Waals surface area (Å²) in [5.74, 6) is -0.717. The number of benzene rings is 1. The van der Waals surface area contributed by atoms with E-state index in [1.165, 1.54) is 12.4 Å². The SMILES string of the molecule is O=C(Nc1ccc(-n2ccnc2)c(F)c1)[C@H]1CNCCO1. The monoisotopic (exact) mass is 290 g/mol. The highest BCUT2D eigenvalue weighted by atomic mass is 19.1. The zero-order valence-corrected chi connectivity index (χ0v) is 11.3. The number of hydrogen-bond acceptors (Lipinski definition) is 4. The smallest absolute Gasteiger partial charge is 0.254 e. The maximum atomic E-state index is 14.1. The van der Waals surface area contributed by atoms with Gasteiger partial charge in [0.15, 0.2) is 0 Å². The topological polar surface area (TPSA) is 68.2 Å². The van der Waals surface area contributed by atoms with E-state index in [2.05, 4.69) is 15.6 Å². The Bertz CT molecular complexity index is 624. The van der Waals surface area contributed by atoms with Crippen molar-refractivity contribution in [3.8, 4) is 5.69 Å². The van der Waals surface area contributed by atoms with Crippen LogP contribution in [0.15, 0.2) is 36.9 Å². The fraction of sp³-hybridized carbons (Fsp3) is 0.286. The molecular formula is C14H15FN4O2. The number of halogens is 1. The Balaban J connectivity index is 1.72. The molecule has 1 aromatic heterocycles. The summed E-state index contributed by atoms with van der Waals surface area (Å²) in [5.41, 5.74) is 0.775. The van der Waals surface area contributed by atoms with Gasteiger partial charge in [-0.05, 0) is 18.2 Å². The molecule has 0 bridgehead atoms. The molecule has 1 aromatic carbocycles. The third-order valence-electron chi connectivity index (χ3n) is 3.22. The Morgan fingerprint density at radius 3 is 3.10 bits per heavy atom. The molecule has 2 aromatic rings. The zero-order chi connectivity index (χ0) is 14.7. The van der Waals surface area contributed by atoms with Gasteiger partial charge in [-0.1, -0.05) is 0 Å². The number of carbonyl (C=O) groups is 1. The second-order valence-corrected chi connectivity index (χ2v) is 4.69. The first-order chi connectivity index (χ1) is 10.2. The molecule has 1 atom stereocenters. The highest BCUT2D eigenvalue weighted by Crippen LogP contribution is 2.18. The minimum absolute atomic E-state index is 0.281. The fourth-order valence-corrected chi connectivity index (χ4v) is 2.15. The van der Waals surface area contributed by atoms with Crippen molar-refractivity contribution in [1.82, 2.24) is 14.9 Å². The molecule has 1 saturated heterocycles. The van der Waals surface area contributed by atoms with E-state index >= 15 is 0 Å². The fourth-order valence-electron chi connectivity index (χ4n) is 2.15. The molecule has 3 rings (SSSR count). The molecule has 1 aliphatic rings. The van der Waals surface area contributed by atoms with Crippen molar-refractivity contribution < 1.29 is 13.9 Å². The number of aromatic nitrogens is 2. The average Bonchev–Trinajstić information content (AvgIpc) is 3.02. The first-order valence-electron chi connectivity index (χ1n) is 6.65. The van der Waals surface area contributed by atoms with E-state index < -0.39 is 11.9 Å². The Labute approximate surface area is 120 Å². The van der Waals surface area contributed by atoms with Crippen LogP contribution in [0.2, 0.25) is 0 Å². The van der Waals surface area contributed by atoms with Crippen LogP contribution in [0, 0.1) is 5.82 Å². The van der Waals surface area contributed by atoms with Crippen molar-refractivity contribution in [2.45, 2.75) is 6.10 Å². The largest absolute Gasteiger partial charge is 0.366 e. The summed E-state index contributed by atoms with van der Waals surface area (Å²) in [5, 5.41) is 5.73. The second-order valence-electron chi connectivity index (χ2n) is 4.69. The summed E-state index contributed by atoms with van der Waals surface area (Å²) < 4.78 is 21.0. The number of nitrogens with zero attached hydrogens (tertiary/aromatic N) is 2. The van der Waals surface area contributed by atoms with Crippen LogP contribution in [0.4, 0.5) is 10.1 Å². The van der Waals surface area contributed by atoms with E-state index in [0.29, 0.717) is 24.5 Å². The summed E-state index contributed by atoms with van der Waals surface area (Å²) in [6, 6.07) is 4.52. The van der Waals surface area contributed by atoms with Crippen molar-refractivity contribution in [3.63, 3.8) is 0 Å². The predicted molar refractivity (Wildman–Crippen MR) is 74.8 cm³/mol. The van der Waals surface area contributed by atoms with E-state index in [0.717, 1.165) is 6.54 Å². The third-order valence-corrected chi connectivity index (χ3v) is 3.22. The summed E-state index contributed by atoms with van der Waals surface area (Å²) in [4.78, 5) is 15.9. The molecule has 1 fully saturated rings. The van der Waals surface area contributed by atoms with E-state index in [9.17, 15) is 9.18 Å². The lowest BCUT2D eigenvalue weighted by atomic mass is 10.2. The standard InChI is InChI=1S/C14H15FN4O2/c15-11-7-10(1-2-12(11)19-5-3-17-9-19)18-14(20)13-8-16-4-6-21-13/h1-3,5,7,9,13,16H,4,6,8H2,(H,18,20)/t13-/m1/s1. The van der Waals surface area contributed by atoms with Gasteiger partial charge < -0.3 is 19.9 Å². The number of morpholine rings is 1. The van der Waals surface area contributed by atoms with E-state index in [-0.39, 0.29) is 5.91 Å². The normalized spacial score (nSPS) is 18.4. The molecular weight excluding hydrogens is 275 g/mol. The summed E-state index contributed by atoms with van der Waals surface area (Å²) in [6.45, 7) is 1.69. The second kappa shape index (κ2) is 6.02. The molecule has 0 spiro atoms. The lowest BCUT2D eigenvalue weighted by Crippen LogP contribution is -2.45. The Morgan fingerprint density at radius 1 is 1.52 bits per heavy atom. The van der Waals surface area contributed by atoms with Crippen molar-refractivity contribution >= 4 is 11.6 Å². The molecule has 7 heteroatoms. The number of hydrogen-bond donors (Lipinski definition) is 2. The van der Waals surface area contributed by atoms with Gasteiger partial charge in [-0.25, -0.2) is 9.37 Å². The van der Waals surface area contributed by atoms with Crippen molar-refractivity contribution in [2.24, 2.45) is 0 Å². The minimum Gasteiger partial charge on any atom is -0.366 e. The molecule has 1 aliphatic heterocycles. The summed E-state index contributed by atoms with van der Waals surface area (Å²) in [7, 11) is 0. The number of nitrogens with one attached hydrogen (secondary N) is 2. The van der Waals surface area contributed by atoms with Crippen molar-refractivity contribution in [2.75, 3.05) is 25.0 Å². The zero-order valence-electron chi connectivity index (χ0n) is 11.3. The van der Waals surface area contributed by atoms with Gasteiger partial charge in [0, 0.05) is 31.2 Å². The van der Waals surface area contributed by atoms with Crippen molar-refractivity contribution in [1.29, 1.82) is 0 Å². The molecule has 21 heavy (non-hydrogen) atoms. The Hall–Kier alpha value is -2.25. The number of imidazole rings is 1. The molecule has 0 saturated carbocycles. The lowest BCUT2D eigenvalue weighted by molar-refractivity contribution is -0.128. The van der Waals surface area contributed by atoms with Crippen LogP contribution in [-0.2, 0) is 9.53 Å². The maximum absolute atomic E-state index is 14.1. The van der Waals surface area contributed by atoms with Crippen LogP contribution < -0.4 is 10.6 Å². The van der Waals surface area contributed by atoms with Gasteiger partial charge in [0.25, 0.3) is 5.91 Å². The molecule has 0 radical (unpaired) electrons. The number of ether oxygens (including phenoxy) is 1. The van der Waals surface area contributed by atoms with Crippen LogP contribution in [0.5, 0.6) is 0 Å². The number of carbonyl (C=O) groups excluding carboxylic acids is 1. The number of anilines is 1. The molecule has 2 heterocycles. The molecule has 0 unspecified atom stereocenters. The van der Waals surface area contributed by atoms with E-state index in [1.807, 2.05) is 0 Å². The van der Waals surface area contributed by atoms with Crippen LogP contribution in [0.3, 0.4) is 0 Å². The summed E-state index contributed by atoms with van der Waals surface area (Å²) >= 11 is 0. The molecule has 2 N–H and O–H groups in total. The highest BCUT2D eigenvalue weighted by Gasteiger charge is 2.21. The number of amides is 1. The van der Waals surface area contributed by atoms with Crippen molar-refractivity contribution in [3.05, 3.63) is 42.7 Å². The maximum Gasteiger partial charge on any atom is 0.254 e. The van der Waals surface area contributed by atoms with E-state index in [1.54, 1.807) is 29.1 Å². The average molecular weight is 290 g/mol. The van der Waals surface area contributed by atoms with Crippen LogP contribution in [0.25, 0.3) is 5.69 Å². The minimum atomic E-state index is -0.546. The molecule has 0 aliphatic carbocycles. The predicted octanol–water partition coefficient (Wildman–Crippen LogP) is 0.938. The summed E-state index contributed by atoms with van der Waals surface area (Å²) in [6.07, 6.45) is 4.19. The Kier molecular flexibility index (Phi) is 3.94. The van der Waals surface area contributed by atoms with Gasteiger partial charge in [0.05, 0.1) is 18.6 Å². The molecule has 1 amide bonds. The first-order valence-corrected chi connectivity index (χ1v) is 6.65.